The molecule has 1 saturated heterocycles. The monoisotopic (exact) mass is 424 g/mol. The molecule has 1 aliphatic heterocycles. The lowest BCUT2D eigenvalue weighted by Crippen LogP contribution is -2.35. The van der Waals surface area contributed by atoms with Crippen LogP contribution in [0.5, 0.6) is 5.75 Å². The van der Waals surface area contributed by atoms with Gasteiger partial charge in [-0.3, -0.25) is 4.79 Å². The van der Waals surface area contributed by atoms with Crippen molar-refractivity contribution in [3.05, 3.63) is 76.3 Å². The Morgan fingerprint density at radius 2 is 1.96 bits per heavy atom. The first-order valence-electron chi connectivity index (χ1n) is 9.10. The Labute approximate surface area is 167 Å². The van der Waals surface area contributed by atoms with Gasteiger partial charge in [-0.2, -0.15) is 0 Å². The standard InChI is InChI=1S/C22H21BrN2O2/c23-19-12-15(13-25-20-10-11-24-22(20)26)8-9-21(19)27-14-17-6-3-5-16-4-1-2-7-18(16)17/h1-9,12,20,25H,10-11,13-14H2,(H,24,26). The molecule has 1 aliphatic rings. The third kappa shape index (κ3) is 4.15. The molecule has 1 amide bonds. The van der Waals surface area contributed by atoms with Crippen LogP contribution in [0.25, 0.3) is 10.8 Å². The molecule has 1 fully saturated rings. The van der Waals surface area contributed by atoms with Gasteiger partial charge in [-0.15, -0.1) is 0 Å². The maximum Gasteiger partial charge on any atom is 0.237 e. The molecule has 2 N–H and O–H groups in total. The van der Waals surface area contributed by atoms with Crippen LogP contribution in [0, 0.1) is 0 Å². The lowest BCUT2D eigenvalue weighted by Gasteiger charge is -2.13. The van der Waals surface area contributed by atoms with Crippen LogP contribution in [0.1, 0.15) is 17.5 Å². The van der Waals surface area contributed by atoms with Crippen molar-refractivity contribution in [1.29, 1.82) is 0 Å². The van der Waals surface area contributed by atoms with E-state index in [-0.39, 0.29) is 11.9 Å². The molecule has 0 aliphatic carbocycles. The highest BCUT2D eigenvalue weighted by Crippen LogP contribution is 2.28. The van der Waals surface area contributed by atoms with E-state index >= 15 is 0 Å². The quantitative estimate of drug-likeness (QED) is 0.624. The fraction of sp³-hybridized carbons (Fsp3) is 0.227. The zero-order chi connectivity index (χ0) is 18.6. The summed E-state index contributed by atoms with van der Waals surface area (Å²) in [5.74, 6) is 0.898. The lowest BCUT2D eigenvalue weighted by atomic mass is 10.1. The van der Waals surface area contributed by atoms with Gasteiger partial charge in [0, 0.05) is 13.1 Å². The van der Waals surface area contributed by atoms with Crippen LogP contribution in [0.4, 0.5) is 0 Å². The van der Waals surface area contributed by atoms with Crippen LogP contribution in [0.3, 0.4) is 0 Å². The molecule has 5 heteroatoms. The number of ether oxygens (including phenoxy) is 1. The molecule has 1 heterocycles. The Kier molecular flexibility index (Phi) is 5.41. The second kappa shape index (κ2) is 8.11. The molecule has 138 valence electrons. The van der Waals surface area contributed by atoms with Crippen molar-refractivity contribution in [1.82, 2.24) is 10.6 Å². The maximum atomic E-state index is 11.6. The van der Waals surface area contributed by atoms with Crippen molar-refractivity contribution < 1.29 is 9.53 Å². The summed E-state index contributed by atoms with van der Waals surface area (Å²) in [4.78, 5) is 11.6. The molecule has 4 nitrogen and oxygen atoms in total. The Morgan fingerprint density at radius 1 is 1.11 bits per heavy atom. The van der Waals surface area contributed by atoms with E-state index in [1.165, 1.54) is 10.8 Å². The number of fused-ring (bicyclic) bond motifs is 1. The smallest absolute Gasteiger partial charge is 0.237 e. The van der Waals surface area contributed by atoms with E-state index in [0.29, 0.717) is 13.2 Å². The van der Waals surface area contributed by atoms with Crippen LogP contribution >= 0.6 is 15.9 Å². The average molecular weight is 425 g/mol. The molecular formula is C22H21BrN2O2. The Bertz CT molecular complexity index is 968. The van der Waals surface area contributed by atoms with Crippen molar-refractivity contribution in [2.75, 3.05) is 6.54 Å². The van der Waals surface area contributed by atoms with E-state index in [0.717, 1.165) is 34.3 Å². The summed E-state index contributed by atoms with van der Waals surface area (Å²) in [5.41, 5.74) is 2.28. The van der Waals surface area contributed by atoms with Crippen molar-refractivity contribution in [3.63, 3.8) is 0 Å². The van der Waals surface area contributed by atoms with Gasteiger partial charge in [-0.25, -0.2) is 0 Å². The summed E-state index contributed by atoms with van der Waals surface area (Å²) in [6.07, 6.45) is 0.840. The minimum atomic E-state index is -0.0916. The van der Waals surface area contributed by atoms with Gasteiger partial charge in [0.05, 0.1) is 10.5 Å². The van der Waals surface area contributed by atoms with E-state index in [1.54, 1.807) is 0 Å². The van der Waals surface area contributed by atoms with E-state index in [9.17, 15) is 4.79 Å². The summed E-state index contributed by atoms with van der Waals surface area (Å²) in [6.45, 7) is 1.92. The molecule has 1 unspecified atom stereocenters. The predicted molar refractivity (Wildman–Crippen MR) is 111 cm³/mol. The number of amides is 1. The normalized spacial score (nSPS) is 16.5. The fourth-order valence-corrected chi connectivity index (χ4v) is 3.92. The SMILES string of the molecule is O=C1NCCC1NCc1ccc(OCc2cccc3ccccc23)c(Br)c1. The summed E-state index contributed by atoms with van der Waals surface area (Å²) < 4.78 is 6.96. The largest absolute Gasteiger partial charge is 0.488 e. The Hall–Kier alpha value is -2.37. The highest BCUT2D eigenvalue weighted by Gasteiger charge is 2.23. The van der Waals surface area contributed by atoms with Gasteiger partial charge >= 0.3 is 0 Å². The van der Waals surface area contributed by atoms with E-state index in [4.69, 9.17) is 4.74 Å². The minimum absolute atomic E-state index is 0.0871. The maximum absolute atomic E-state index is 11.6. The van der Waals surface area contributed by atoms with Crippen molar-refractivity contribution in [3.8, 4) is 5.75 Å². The predicted octanol–water partition coefficient (Wildman–Crippen LogP) is 4.16. The first kappa shape index (κ1) is 18.0. The number of hydrogen-bond acceptors (Lipinski definition) is 3. The second-order valence-corrected chi connectivity index (χ2v) is 7.56. The first-order chi connectivity index (χ1) is 13.2. The lowest BCUT2D eigenvalue weighted by molar-refractivity contribution is -0.120. The van der Waals surface area contributed by atoms with Crippen LogP contribution in [0.15, 0.2) is 65.1 Å². The van der Waals surface area contributed by atoms with Crippen molar-refractivity contribution in [2.45, 2.75) is 25.6 Å². The number of rotatable bonds is 6. The number of benzene rings is 3. The summed E-state index contributed by atoms with van der Waals surface area (Å²) >= 11 is 3.60. The zero-order valence-corrected chi connectivity index (χ0v) is 16.5. The zero-order valence-electron chi connectivity index (χ0n) is 14.9. The Balaban J connectivity index is 1.41. The van der Waals surface area contributed by atoms with E-state index in [2.05, 4.69) is 56.9 Å². The summed E-state index contributed by atoms with van der Waals surface area (Å²) in [5, 5.41) is 8.57. The molecule has 4 rings (SSSR count). The van der Waals surface area contributed by atoms with E-state index < -0.39 is 0 Å². The topological polar surface area (TPSA) is 50.4 Å². The van der Waals surface area contributed by atoms with Crippen molar-refractivity contribution >= 4 is 32.6 Å². The average Bonchev–Trinajstić information content (AvgIpc) is 3.10. The molecule has 0 radical (unpaired) electrons. The van der Waals surface area contributed by atoms with Crippen LogP contribution in [-0.4, -0.2) is 18.5 Å². The molecule has 3 aromatic rings. The van der Waals surface area contributed by atoms with Gasteiger partial charge in [0.15, 0.2) is 0 Å². The highest BCUT2D eigenvalue weighted by atomic mass is 79.9. The molecule has 3 aromatic carbocycles. The molecule has 0 spiro atoms. The van der Waals surface area contributed by atoms with Crippen LogP contribution < -0.4 is 15.4 Å². The van der Waals surface area contributed by atoms with Gasteiger partial charge in [-0.1, -0.05) is 48.5 Å². The third-order valence-electron chi connectivity index (χ3n) is 4.86. The summed E-state index contributed by atoms with van der Waals surface area (Å²) in [7, 11) is 0. The molecule has 1 atom stereocenters. The molecule has 0 bridgehead atoms. The van der Waals surface area contributed by atoms with Crippen molar-refractivity contribution in [2.24, 2.45) is 0 Å². The number of carbonyl (C=O) groups excluding carboxylic acids is 1. The summed E-state index contributed by atoms with van der Waals surface area (Å²) in [6, 6.07) is 20.6. The van der Waals surface area contributed by atoms with E-state index in [1.807, 2.05) is 30.3 Å². The fourth-order valence-electron chi connectivity index (χ4n) is 3.38. The second-order valence-electron chi connectivity index (χ2n) is 6.70. The van der Waals surface area contributed by atoms with Crippen LogP contribution in [-0.2, 0) is 17.9 Å². The van der Waals surface area contributed by atoms with Gasteiger partial charge in [0.25, 0.3) is 0 Å². The van der Waals surface area contributed by atoms with Gasteiger partial charge in [-0.05, 0) is 56.4 Å². The third-order valence-corrected chi connectivity index (χ3v) is 5.48. The van der Waals surface area contributed by atoms with Gasteiger partial charge < -0.3 is 15.4 Å². The molecular weight excluding hydrogens is 404 g/mol. The number of halogens is 1. The Morgan fingerprint density at radius 3 is 2.78 bits per heavy atom. The first-order valence-corrected chi connectivity index (χ1v) is 9.89. The van der Waals surface area contributed by atoms with Gasteiger partial charge in [0.2, 0.25) is 5.91 Å². The molecule has 0 aromatic heterocycles. The molecule has 27 heavy (non-hydrogen) atoms. The highest BCUT2D eigenvalue weighted by molar-refractivity contribution is 9.10. The number of carbonyl (C=O) groups is 1. The minimum Gasteiger partial charge on any atom is -0.488 e. The number of hydrogen-bond donors (Lipinski definition) is 2. The van der Waals surface area contributed by atoms with Gasteiger partial charge in [0.1, 0.15) is 12.4 Å². The molecule has 0 saturated carbocycles. The number of nitrogens with one attached hydrogen (secondary N) is 2. The van der Waals surface area contributed by atoms with Crippen LogP contribution in [0.2, 0.25) is 0 Å².